The van der Waals surface area contributed by atoms with Crippen LogP contribution in [0.4, 0.5) is 4.79 Å². The van der Waals surface area contributed by atoms with E-state index in [1.165, 1.54) is 37.0 Å². The van der Waals surface area contributed by atoms with Crippen LogP contribution in [0.1, 0.15) is 66.2 Å². The van der Waals surface area contributed by atoms with Crippen molar-refractivity contribution < 1.29 is 56.9 Å². The second-order valence-corrected chi connectivity index (χ2v) is 11.8. The molecule has 0 aliphatic heterocycles. The fourth-order valence-electron chi connectivity index (χ4n) is 3.70. The highest BCUT2D eigenvalue weighted by atomic mass is 16.6. The molecular formula is C34H69NO12. The van der Waals surface area contributed by atoms with Gasteiger partial charge in [0.1, 0.15) is 5.60 Å². The summed E-state index contributed by atoms with van der Waals surface area (Å²) in [5.74, 6) is 0. The molecule has 0 bridgehead atoms. The van der Waals surface area contributed by atoms with Crippen LogP contribution in [0, 0.1) is 0 Å². The fourth-order valence-corrected chi connectivity index (χ4v) is 3.70. The zero-order valence-electron chi connectivity index (χ0n) is 30.4. The van der Waals surface area contributed by atoms with Crippen LogP contribution in [0.5, 0.6) is 0 Å². The van der Waals surface area contributed by atoms with Crippen molar-refractivity contribution in [2.45, 2.75) is 71.8 Å². The van der Waals surface area contributed by atoms with Gasteiger partial charge in [-0.2, -0.15) is 0 Å². The van der Waals surface area contributed by atoms with Crippen molar-refractivity contribution in [3.05, 3.63) is 0 Å². The number of nitrogens with zero attached hydrogens (tertiary/aromatic N) is 1. The van der Waals surface area contributed by atoms with Crippen LogP contribution in [-0.2, 0) is 52.1 Å². The average molecular weight is 684 g/mol. The molecule has 0 saturated carbocycles. The highest BCUT2D eigenvalue weighted by Crippen LogP contribution is 2.09. The Bertz CT molecular complexity index is 639. The summed E-state index contributed by atoms with van der Waals surface area (Å²) in [5, 5.41) is 0. The quantitative estimate of drug-likeness (QED) is 0.0864. The summed E-state index contributed by atoms with van der Waals surface area (Å²) in [7, 11) is 1.68. The molecule has 13 heteroatoms. The molecule has 13 nitrogen and oxygen atoms in total. The van der Waals surface area contributed by atoms with E-state index in [2.05, 4.69) is 6.92 Å². The Morgan fingerprint density at radius 3 is 1.02 bits per heavy atom. The van der Waals surface area contributed by atoms with E-state index in [1.807, 2.05) is 20.8 Å². The highest BCUT2D eigenvalue weighted by molar-refractivity contribution is 5.67. The van der Waals surface area contributed by atoms with Crippen molar-refractivity contribution in [1.82, 2.24) is 4.90 Å². The van der Waals surface area contributed by atoms with Crippen molar-refractivity contribution in [2.75, 3.05) is 146 Å². The molecule has 0 radical (unpaired) electrons. The number of carbonyl (C=O) groups is 1. The Hall–Kier alpha value is -1.13. The first kappa shape index (κ1) is 45.9. The first-order valence-corrected chi connectivity index (χ1v) is 17.6. The molecule has 0 N–H and O–H groups in total. The van der Waals surface area contributed by atoms with E-state index < -0.39 is 5.60 Å². The summed E-state index contributed by atoms with van der Waals surface area (Å²) in [6, 6.07) is 0. The first-order valence-electron chi connectivity index (χ1n) is 17.6. The maximum absolute atomic E-state index is 11.9. The Morgan fingerprint density at radius 1 is 0.426 bits per heavy atom. The molecular weight excluding hydrogens is 614 g/mol. The number of hydrogen-bond donors (Lipinski definition) is 0. The molecule has 0 aliphatic rings. The van der Waals surface area contributed by atoms with Gasteiger partial charge in [-0.05, 0) is 27.2 Å². The molecule has 0 aliphatic carbocycles. The predicted molar refractivity (Wildman–Crippen MR) is 180 cm³/mol. The van der Waals surface area contributed by atoms with Crippen molar-refractivity contribution in [3.8, 4) is 0 Å². The van der Waals surface area contributed by atoms with Gasteiger partial charge in [0.2, 0.25) is 0 Å². The molecule has 0 atom stereocenters. The van der Waals surface area contributed by atoms with Crippen LogP contribution in [0.3, 0.4) is 0 Å². The Kier molecular flexibility index (Phi) is 35.3. The van der Waals surface area contributed by atoms with Gasteiger partial charge in [0.15, 0.2) is 0 Å². The molecule has 0 fully saturated rings. The van der Waals surface area contributed by atoms with Gasteiger partial charge in [-0.25, -0.2) is 4.79 Å². The van der Waals surface area contributed by atoms with E-state index in [-0.39, 0.29) is 6.09 Å². The smallest absolute Gasteiger partial charge is 0.410 e. The van der Waals surface area contributed by atoms with Crippen molar-refractivity contribution in [3.63, 3.8) is 0 Å². The first-order chi connectivity index (χ1) is 22.9. The number of likely N-dealkylation sites (N-methyl/N-ethyl adjacent to an activating group) is 1. The number of rotatable bonds is 37. The lowest BCUT2D eigenvalue weighted by atomic mass is 10.1. The minimum atomic E-state index is -0.507. The van der Waals surface area contributed by atoms with Crippen LogP contribution in [0.15, 0.2) is 0 Å². The van der Waals surface area contributed by atoms with E-state index in [0.717, 1.165) is 13.0 Å². The zero-order valence-corrected chi connectivity index (χ0v) is 30.4. The largest absolute Gasteiger partial charge is 0.444 e. The maximum atomic E-state index is 11.9. The second kappa shape index (κ2) is 36.2. The lowest BCUT2D eigenvalue weighted by Crippen LogP contribution is -2.36. The molecule has 0 saturated heterocycles. The van der Waals surface area contributed by atoms with Crippen molar-refractivity contribution in [2.24, 2.45) is 0 Å². The van der Waals surface area contributed by atoms with Crippen molar-refractivity contribution in [1.29, 1.82) is 0 Å². The van der Waals surface area contributed by atoms with Crippen LogP contribution >= 0.6 is 0 Å². The zero-order chi connectivity index (χ0) is 34.5. The fraction of sp³-hybridized carbons (Fsp3) is 0.971. The second-order valence-electron chi connectivity index (χ2n) is 11.8. The summed E-state index contributed by atoms with van der Waals surface area (Å²) in [6.45, 7) is 18.8. The van der Waals surface area contributed by atoms with E-state index in [0.29, 0.717) is 132 Å². The SMILES string of the molecule is CCCCCCCCOCCOCCOCCOCCOCCOCCOCCOCCOCCOCCN(C)C(=O)OC(C)(C)C. The highest BCUT2D eigenvalue weighted by Gasteiger charge is 2.19. The van der Waals surface area contributed by atoms with Crippen LogP contribution in [0.2, 0.25) is 0 Å². The monoisotopic (exact) mass is 683 g/mol. The molecule has 0 rings (SSSR count). The van der Waals surface area contributed by atoms with Crippen molar-refractivity contribution >= 4 is 6.09 Å². The van der Waals surface area contributed by atoms with Gasteiger partial charge in [-0.1, -0.05) is 39.0 Å². The van der Waals surface area contributed by atoms with E-state index in [4.69, 9.17) is 52.1 Å². The molecule has 282 valence electrons. The Balaban J connectivity index is 3.13. The van der Waals surface area contributed by atoms with Crippen LogP contribution in [0.25, 0.3) is 0 Å². The van der Waals surface area contributed by atoms with E-state index in [1.54, 1.807) is 7.05 Å². The Labute approximate surface area is 285 Å². The molecule has 0 unspecified atom stereocenters. The molecule has 0 aromatic rings. The summed E-state index contributed by atoms with van der Waals surface area (Å²) in [4.78, 5) is 13.3. The number of ether oxygens (including phenoxy) is 11. The molecule has 0 heterocycles. The summed E-state index contributed by atoms with van der Waals surface area (Å²) in [6.07, 6.45) is 7.31. The van der Waals surface area contributed by atoms with Gasteiger partial charge in [0.05, 0.1) is 126 Å². The summed E-state index contributed by atoms with van der Waals surface area (Å²) < 4.78 is 60.3. The standard InChI is InChI=1S/C34H69NO12/c1-6-7-8-9-10-11-13-37-15-17-39-19-21-41-23-25-43-27-29-45-31-32-46-30-28-44-26-24-42-22-20-40-18-16-38-14-12-35(5)33(36)47-34(2,3)4/h6-32H2,1-5H3. The summed E-state index contributed by atoms with van der Waals surface area (Å²) >= 11 is 0. The topological polar surface area (TPSA) is 122 Å². The maximum Gasteiger partial charge on any atom is 0.410 e. The third kappa shape index (κ3) is 39.2. The third-order valence-electron chi connectivity index (χ3n) is 6.27. The van der Waals surface area contributed by atoms with Gasteiger partial charge in [-0.15, -0.1) is 0 Å². The minimum Gasteiger partial charge on any atom is -0.444 e. The predicted octanol–water partition coefficient (Wildman–Crippen LogP) is 4.38. The number of carbonyl (C=O) groups excluding carboxylic acids is 1. The Morgan fingerprint density at radius 2 is 0.702 bits per heavy atom. The summed E-state index contributed by atoms with van der Waals surface area (Å²) in [5.41, 5.74) is -0.507. The lowest BCUT2D eigenvalue weighted by Gasteiger charge is -2.24. The third-order valence-corrected chi connectivity index (χ3v) is 6.27. The average Bonchev–Trinajstić information content (AvgIpc) is 3.03. The number of hydrogen-bond acceptors (Lipinski definition) is 12. The van der Waals surface area contributed by atoms with Gasteiger partial charge < -0.3 is 57.0 Å². The van der Waals surface area contributed by atoms with Gasteiger partial charge in [-0.3, -0.25) is 0 Å². The van der Waals surface area contributed by atoms with Crippen LogP contribution < -0.4 is 0 Å². The van der Waals surface area contributed by atoms with Gasteiger partial charge in [0, 0.05) is 20.2 Å². The normalized spacial score (nSPS) is 11.8. The van der Waals surface area contributed by atoms with E-state index >= 15 is 0 Å². The minimum absolute atomic E-state index is 0.361. The number of unbranched alkanes of at least 4 members (excludes halogenated alkanes) is 5. The van der Waals surface area contributed by atoms with E-state index in [9.17, 15) is 4.79 Å². The number of amides is 1. The molecule has 1 amide bonds. The van der Waals surface area contributed by atoms with Gasteiger partial charge in [0.25, 0.3) is 0 Å². The lowest BCUT2D eigenvalue weighted by molar-refractivity contribution is -0.0267. The van der Waals surface area contributed by atoms with Crippen LogP contribution in [-0.4, -0.2) is 162 Å². The molecule has 0 spiro atoms. The molecule has 0 aromatic carbocycles. The van der Waals surface area contributed by atoms with Gasteiger partial charge >= 0.3 is 6.09 Å². The molecule has 0 aromatic heterocycles. The molecule has 47 heavy (non-hydrogen) atoms.